The van der Waals surface area contributed by atoms with Crippen molar-refractivity contribution in [2.75, 3.05) is 13.7 Å². The van der Waals surface area contributed by atoms with E-state index in [1.165, 1.54) is 5.56 Å². The van der Waals surface area contributed by atoms with Gasteiger partial charge in [-0.3, -0.25) is 4.68 Å². The van der Waals surface area contributed by atoms with Crippen LogP contribution in [-0.4, -0.2) is 23.5 Å². The number of aromatic nitrogens is 2. The third kappa shape index (κ3) is 3.20. The molecule has 1 atom stereocenters. The normalized spacial score (nSPS) is 12.9. The van der Waals surface area contributed by atoms with Crippen molar-refractivity contribution in [3.05, 3.63) is 37.2 Å². The van der Waals surface area contributed by atoms with Gasteiger partial charge in [0.2, 0.25) is 0 Å². The second-order valence-corrected chi connectivity index (χ2v) is 6.99. The van der Waals surface area contributed by atoms with Crippen LogP contribution in [-0.2, 0) is 11.3 Å². The molecule has 0 aliphatic heterocycles. The van der Waals surface area contributed by atoms with Crippen LogP contribution in [0.15, 0.2) is 16.0 Å². The standard InChI is InChI=1S/C12H15BrClN3OS/c1-7-5-9(19-12(7)13)10(15)11-8(14)6-16-17(11)3-4-18-2/h5-6,10H,3-4,15H2,1-2H3. The van der Waals surface area contributed by atoms with Gasteiger partial charge in [0.15, 0.2) is 0 Å². The molecule has 0 aliphatic carbocycles. The summed E-state index contributed by atoms with van der Waals surface area (Å²) < 4.78 is 7.97. The summed E-state index contributed by atoms with van der Waals surface area (Å²) in [5.41, 5.74) is 8.32. The number of halogens is 2. The van der Waals surface area contributed by atoms with Gasteiger partial charge in [0.25, 0.3) is 0 Å². The minimum Gasteiger partial charge on any atom is -0.383 e. The first-order valence-corrected chi connectivity index (χ1v) is 7.75. The molecule has 0 saturated heterocycles. The van der Waals surface area contributed by atoms with Gasteiger partial charge in [-0.15, -0.1) is 11.3 Å². The minimum atomic E-state index is -0.276. The lowest BCUT2D eigenvalue weighted by Gasteiger charge is -2.13. The number of nitrogens with two attached hydrogens (primary N) is 1. The Bertz CT molecular complexity index is 550. The summed E-state index contributed by atoms with van der Waals surface area (Å²) in [5, 5.41) is 4.84. The van der Waals surface area contributed by atoms with Gasteiger partial charge in [-0.1, -0.05) is 11.6 Å². The molecular weight excluding hydrogens is 350 g/mol. The molecule has 0 aromatic carbocycles. The molecule has 0 saturated carbocycles. The average Bonchev–Trinajstić information content (AvgIpc) is 2.90. The van der Waals surface area contributed by atoms with Crippen LogP contribution in [0.25, 0.3) is 0 Å². The Balaban J connectivity index is 2.32. The molecule has 0 bridgehead atoms. The van der Waals surface area contributed by atoms with Gasteiger partial charge in [0.05, 0.1) is 39.9 Å². The van der Waals surface area contributed by atoms with E-state index in [-0.39, 0.29) is 6.04 Å². The molecule has 0 radical (unpaired) electrons. The Morgan fingerprint density at radius 1 is 1.63 bits per heavy atom. The Labute approximate surface area is 129 Å². The minimum absolute atomic E-state index is 0.276. The maximum absolute atomic E-state index is 6.32. The van der Waals surface area contributed by atoms with Crippen LogP contribution in [0.2, 0.25) is 5.02 Å². The van der Waals surface area contributed by atoms with Crippen LogP contribution in [0.5, 0.6) is 0 Å². The summed E-state index contributed by atoms with van der Waals surface area (Å²) >= 11 is 11.3. The molecule has 4 nitrogen and oxygen atoms in total. The zero-order valence-electron chi connectivity index (χ0n) is 10.7. The molecule has 1 unspecified atom stereocenters. The van der Waals surface area contributed by atoms with Crippen molar-refractivity contribution < 1.29 is 4.74 Å². The zero-order valence-corrected chi connectivity index (χ0v) is 13.8. The lowest BCUT2D eigenvalue weighted by molar-refractivity contribution is 0.182. The molecule has 2 aromatic heterocycles. The molecular formula is C12H15BrClN3OS. The van der Waals surface area contributed by atoms with Crippen LogP contribution in [0.3, 0.4) is 0 Å². The maximum Gasteiger partial charge on any atom is 0.0838 e. The number of thiophene rings is 1. The van der Waals surface area contributed by atoms with Crippen molar-refractivity contribution in [1.29, 1.82) is 0 Å². The summed E-state index contributed by atoms with van der Waals surface area (Å²) in [5.74, 6) is 0. The van der Waals surface area contributed by atoms with E-state index in [0.29, 0.717) is 18.2 Å². The van der Waals surface area contributed by atoms with E-state index in [0.717, 1.165) is 14.4 Å². The molecule has 7 heteroatoms. The quantitative estimate of drug-likeness (QED) is 0.885. The average molecular weight is 365 g/mol. The van der Waals surface area contributed by atoms with Gasteiger partial charge in [0.1, 0.15) is 0 Å². The van der Waals surface area contributed by atoms with Gasteiger partial charge in [0, 0.05) is 12.0 Å². The number of methoxy groups -OCH3 is 1. The molecule has 19 heavy (non-hydrogen) atoms. The van der Waals surface area contributed by atoms with Gasteiger partial charge in [-0.05, 0) is 34.5 Å². The number of rotatable bonds is 5. The highest BCUT2D eigenvalue weighted by atomic mass is 79.9. The van der Waals surface area contributed by atoms with E-state index in [2.05, 4.69) is 27.1 Å². The van der Waals surface area contributed by atoms with E-state index < -0.39 is 0 Å². The topological polar surface area (TPSA) is 53.1 Å². The van der Waals surface area contributed by atoms with Crippen LogP contribution in [0.4, 0.5) is 0 Å². The molecule has 0 fully saturated rings. The first-order chi connectivity index (χ1) is 9.04. The Hall–Kier alpha value is -0.400. The fourth-order valence-corrected chi connectivity index (χ4v) is 3.64. The van der Waals surface area contributed by atoms with E-state index in [9.17, 15) is 0 Å². The number of hydrogen-bond acceptors (Lipinski definition) is 4. The lowest BCUT2D eigenvalue weighted by atomic mass is 10.1. The van der Waals surface area contributed by atoms with E-state index >= 15 is 0 Å². The number of nitrogens with zero attached hydrogens (tertiary/aromatic N) is 2. The second kappa shape index (κ2) is 6.37. The molecule has 0 amide bonds. The lowest BCUT2D eigenvalue weighted by Crippen LogP contribution is -2.18. The first kappa shape index (κ1) is 15.0. The SMILES string of the molecule is COCCn1ncc(Cl)c1C(N)c1cc(C)c(Br)s1. The highest BCUT2D eigenvalue weighted by Crippen LogP contribution is 2.35. The van der Waals surface area contributed by atoms with E-state index in [1.807, 2.05) is 6.92 Å². The fraction of sp³-hybridized carbons (Fsp3) is 0.417. The molecule has 104 valence electrons. The van der Waals surface area contributed by atoms with Crippen LogP contribution in [0, 0.1) is 6.92 Å². The highest BCUT2D eigenvalue weighted by molar-refractivity contribution is 9.11. The number of aryl methyl sites for hydroxylation is 1. The van der Waals surface area contributed by atoms with Crippen molar-refractivity contribution in [2.45, 2.75) is 19.5 Å². The third-order valence-electron chi connectivity index (χ3n) is 2.82. The van der Waals surface area contributed by atoms with Gasteiger partial charge < -0.3 is 10.5 Å². The van der Waals surface area contributed by atoms with Crippen molar-refractivity contribution in [1.82, 2.24) is 9.78 Å². The van der Waals surface area contributed by atoms with E-state index in [1.54, 1.807) is 29.3 Å². The molecule has 0 aliphatic rings. The molecule has 2 N–H and O–H groups in total. The smallest absolute Gasteiger partial charge is 0.0838 e. The predicted octanol–water partition coefficient (Wildman–Crippen LogP) is 3.36. The Morgan fingerprint density at radius 2 is 2.37 bits per heavy atom. The Kier molecular flexibility index (Phi) is 5.03. The predicted molar refractivity (Wildman–Crippen MR) is 81.9 cm³/mol. The number of ether oxygens (including phenoxy) is 1. The van der Waals surface area contributed by atoms with Gasteiger partial charge in [-0.2, -0.15) is 5.10 Å². The third-order valence-corrected chi connectivity index (χ3v) is 5.33. The van der Waals surface area contributed by atoms with Crippen molar-refractivity contribution >= 4 is 38.9 Å². The Morgan fingerprint density at radius 3 is 2.95 bits per heavy atom. The largest absolute Gasteiger partial charge is 0.383 e. The maximum atomic E-state index is 6.32. The summed E-state index contributed by atoms with van der Waals surface area (Å²) in [6.07, 6.45) is 1.63. The molecule has 2 heterocycles. The summed E-state index contributed by atoms with van der Waals surface area (Å²) in [6, 6.07) is 1.80. The first-order valence-electron chi connectivity index (χ1n) is 5.76. The fourth-order valence-electron chi connectivity index (χ4n) is 1.81. The van der Waals surface area contributed by atoms with Crippen LogP contribution >= 0.6 is 38.9 Å². The summed E-state index contributed by atoms with van der Waals surface area (Å²) in [4.78, 5) is 1.06. The molecule has 2 aromatic rings. The monoisotopic (exact) mass is 363 g/mol. The van der Waals surface area contributed by atoms with Crippen molar-refractivity contribution in [3.63, 3.8) is 0 Å². The van der Waals surface area contributed by atoms with Gasteiger partial charge >= 0.3 is 0 Å². The second-order valence-electron chi connectivity index (χ2n) is 4.18. The molecule has 2 rings (SSSR count). The van der Waals surface area contributed by atoms with E-state index in [4.69, 9.17) is 22.1 Å². The number of hydrogen-bond donors (Lipinski definition) is 1. The highest BCUT2D eigenvalue weighted by Gasteiger charge is 2.20. The van der Waals surface area contributed by atoms with Crippen LogP contribution in [0.1, 0.15) is 22.2 Å². The molecule has 0 spiro atoms. The van der Waals surface area contributed by atoms with Crippen LogP contribution < -0.4 is 5.73 Å². The summed E-state index contributed by atoms with van der Waals surface area (Å²) in [6.45, 7) is 3.25. The van der Waals surface area contributed by atoms with Gasteiger partial charge in [-0.25, -0.2) is 0 Å². The zero-order chi connectivity index (χ0) is 14.0. The summed E-state index contributed by atoms with van der Waals surface area (Å²) in [7, 11) is 1.66. The van der Waals surface area contributed by atoms with Crippen molar-refractivity contribution in [3.8, 4) is 0 Å². The van der Waals surface area contributed by atoms with Crippen molar-refractivity contribution in [2.24, 2.45) is 5.73 Å².